The zero-order valence-electron chi connectivity index (χ0n) is 11.4. The van der Waals surface area contributed by atoms with E-state index in [1.165, 1.54) is 12.8 Å². The Labute approximate surface area is 119 Å². The minimum absolute atomic E-state index is 0.0917. The summed E-state index contributed by atoms with van der Waals surface area (Å²) in [6.45, 7) is 5.36. The molecule has 104 valence electrons. The van der Waals surface area contributed by atoms with E-state index in [4.69, 9.17) is 11.6 Å². The Bertz CT molecular complexity index is 436. The molecular weight excluding hydrogens is 260 g/mol. The molecule has 0 spiro atoms. The maximum absolute atomic E-state index is 11.9. The van der Waals surface area contributed by atoms with E-state index in [1.54, 1.807) is 0 Å². The van der Waals surface area contributed by atoms with Crippen LogP contribution in [0.1, 0.15) is 25.3 Å². The van der Waals surface area contributed by atoms with Crippen LogP contribution in [0.2, 0.25) is 5.02 Å². The fourth-order valence-electron chi connectivity index (χ4n) is 2.54. The molecule has 1 atom stereocenters. The molecule has 3 nitrogen and oxygen atoms in total. The largest absolute Gasteiger partial charge is 0.351 e. The third-order valence-corrected chi connectivity index (χ3v) is 3.72. The van der Waals surface area contributed by atoms with Gasteiger partial charge < -0.3 is 5.32 Å². The summed E-state index contributed by atoms with van der Waals surface area (Å²) < 4.78 is 0. The van der Waals surface area contributed by atoms with E-state index >= 15 is 0 Å². The van der Waals surface area contributed by atoms with Gasteiger partial charge in [-0.3, -0.25) is 9.69 Å². The van der Waals surface area contributed by atoms with Crippen LogP contribution in [0.3, 0.4) is 0 Å². The normalized spacial score (nSPS) is 20.2. The summed E-state index contributed by atoms with van der Waals surface area (Å²) in [5.74, 6) is 0.795. The number of hydrogen-bond acceptors (Lipinski definition) is 2. The number of benzene rings is 1. The van der Waals surface area contributed by atoms with Crippen molar-refractivity contribution in [2.45, 2.75) is 26.3 Å². The summed E-state index contributed by atoms with van der Waals surface area (Å²) >= 11 is 5.91. The van der Waals surface area contributed by atoms with E-state index in [2.05, 4.69) is 17.1 Å². The number of nitrogens with one attached hydrogen (secondary N) is 1. The second-order valence-corrected chi connectivity index (χ2v) is 5.83. The molecular formula is C15H21ClN2O. The number of likely N-dealkylation sites (tertiary alicyclic amines) is 1. The van der Waals surface area contributed by atoms with Crippen molar-refractivity contribution in [2.75, 3.05) is 19.6 Å². The quantitative estimate of drug-likeness (QED) is 0.920. The highest BCUT2D eigenvalue weighted by Gasteiger charge is 2.18. The van der Waals surface area contributed by atoms with Crippen LogP contribution in [0.25, 0.3) is 0 Å². The lowest BCUT2D eigenvalue weighted by molar-refractivity contribution is -0.122. The molecule has 4 heteroatoms. The molecule has 1 unspecified atom stereocenters. The van der Waals surface area contributed by atoms with Crippen LogP contribution in [0, 0.1) is 5.92 Å². The Morgan fingerprint density at radius 3 is 3.11 bits per heavy atom. The second kappa shape index (κ2) is 6.92. The summed E-state index contributed by atoms with van der Waals surface area (Å²) in [7, 11) is 0. The van der Waals surface area contributed by atoms with Crippen molar-refractivity contribution in [1.82, 2.24) is 10.2 Å². The molecule has 1 aliphatic rings. The van der Waals surface area contributed by atoms with Gasteiger partial charge in [0.25, 0.3) is 0 Å². The molecule has 19 heavy (non-hydrogen) atoms. The number of hydrogen-bond donors (Lipinski definition) is 1. The first-order valence-corrected chi connectivity index (χ1v) is 7.25. The molecule has 1 amide bonds. The lowest BCUT2D eigenvalue weighted by atomic mass is 10.0. The van der Waals surface area contributed by atoms with Crippen LogP contribution in [0.5, 0.6) is 0 Å². The van der Waals surface area contributed by atoms with Gasteiger partial charge >= 0.3 is 0 Å². The third kappa shape index (κ3) is 4.84. The molecule has 2 rings (SSSR count). The predicted molar refractivity (Wildman–Crippen MR) is 78.1 cm³/mol. The van der Waals surface area contributed by atoms with Gasteiger partial charge in [0, 0.05) is 18.1 Å². The van der Waals surface area contributed by atoms with Crippen LogP contribution in [0.15, 0.2) is 24.3 Å². The monoisotopic (exact) mass is 280 g/mol. The molecule has 1 aromatic carbocycles. The predicted octanol–water partition coefficient (Wildman–Crippen LogP) is 2.69. The van der Waals surface area contributed by atoms with Crippen LogP contribution < -0.4 is 5.32 Å². The fourth-order valence-corrected chi connectivity index (χ4v) is 2.75. The highest BCUT2D eigenvalue weighted by molar-refractivity contribution is 6.30. The zero-order valence-corrected chi connectivity index (χ0v) is 12.1. The highest BCUT2D eigenvalue weighted by atomic mass is 35.5. The van der Waals surface area contributed by atoms with E-state index in [0.717, 1.165) is 18.7 Å². The second-order valence-electron chi connectivity index (χ2n) is 5.39. The van der Waals surface area contributed by atoms with Crippen LogP contribution in [-0.2, 0) is 11.3 Å². The molecule has 0 bridgehead atoms. The summed E-state index contributed by atoms with van der Waals surface area (Å²) in [5, 5.41) is 3.65. The van der Waals surface area contributed by atoms with E-state index < -0.39 is 0 Å². The van der Waals surface area contributed by atoms with E-state index in [9.17, 15) is 4.79 Å². The number of carbonyl (C=O) groups is 1. The Morgan fingerprint density at radius 2 is 2.37 bits per heavy atom. The SMILES string of the molecule is CC1CCCN(CC(=O)NCc2cccc(Cl)c2)C1. The third-order valence-electron chi connectivity index (χ3n) is 3.49. The van der Waals surface area contributed by atoms with Crippen molar-refractivity contribution >= 4 is 17.5 Å². The molecule has 0 aromatic heterocycles. The first kappa shape index (κ1) is 14.4. The first-order chi connectivity index (χ1) is 9.13. The Balaban J connectivity index is 1.75. The average Bonchev–Trinajstić information content (AvgIpc) is 2.36. The Hall–Kier alpha value is -1.06. The molecule has 1 fully saturated rings. The van der Waals surface area contributed by atoms with Crippen molar-refractivity contribution in [2.24, 2.45) is 5.92 Å². The highest BCUT2D eigenvalue weighted by Crippen LogP contribution is 2.15. The van der Waals surface area contributed by atoms with Gasteiger partial charge in [0.15, 0.2) is 0 Å². The number of amides is 1. The summed E-state index contributed by atoms with van der Waals surface area (Å²) in [4.78, 5) is 14.1. The van der Waals surface area contributed by atoms with E-state index in [0.29, 0.717) is 24.0 Å². The maximum atomic E-state index is 11.9. The van der Waals surface area contributed by atoms with Crippen molar-refractivity contribution in [3.63, 3.8) is 0 Å². The van der Waals surface area contributed by atoms with Crippen molar-refractivity contribution in [3.8, 4) is 0 Å². The number of nitrogens with zero attached hydrogens (tertiary/aromatic N) is 1. The van der Waals surface area contributed by atoms with Gasteiger partial charge in [-0.25, -0.2) is 0 Å². The van der Waals surface area contributed by atoms with Crippen molar-refractivity contribution in [1.29, 1.82) is 0 Å². The van der Waals surface area contributed by atoms with Gasteiger partial charge in [-0.05, 0) is 43.0 Å². The van der Waals surface area contributed by atoms with Gasteiger partial charge in [0.2, 0.25) is 5.91 Å². The first-order valence-electron chi connectivity index (χ1n) is 6.87. The molecule has 1 saturated heterocycles. The molecule has 1 N–H and O–H groups in total. The van der Waals surface area contributed by atoms with Crippen molar-refractivity contribution in [3.05, 3.63) is 34.9 Å². The zero-order chi connectivity index (χ0) is 13.7. The minimum atomic E-state index is 0.0917. The standard InChI is InChI=1S/C15H21ClN2O/c1-12-4-3-7-18(10-12)11-15(19)17-9-13-5-2-6-14(16)8-13/h2,5-6,8,12H,3-4,7,9-11H2,1H3,(H,17,19). The number of piperidine rings is 1. The molecule has 1 heterocycles. The van der Waals surface area contributed by atoms with Gasteiger partial charge in [-0.2, -0.15) is 0 Å². The number of carbonyl (C=O) groups excluding carboxylic acids is 1. The smallest absolute Gasteiger partial charge is 0.234 e. The van der Waals surface area contributed by atoms with Crippen LogP contribution in [-0.4, -0.2) is 30.4 Å². The van der Waals surface area contributed by atoms with Crippen LogP contribution >= 0.6 is 11.6 Å². The fraction of sp³-hybridized carbons (Fsp3) is 0.533. The van der Waals surface area contributed by atoms with Gasteiger partial charge in [0.1, 0.15) is 0 Å². The van der Waals surface area contributed by atoms with E-state index in [1.807, 2.05) is 24.3 Å². The lowest BCUT2D eigenvalue weighted by Crippen LogP contribution is -2.41. The van der Waals surface area contributed by atoms with Gasteiger partial charge in [-0.1, -0.05) is 30.7 Å². The maximum Gasteiger partial charge on any atom is 0.234 e. The van der Waals surface area contributed by atoms with E-state index in [-0.39, 0.29) is 5.91 Å². The molecule has 0 radical (unpaired) electrons. The molecule has 1 aliphatic heterocycles. The number of halogens is 1. The summed E-state index contributed by atoms with van der Waals surface area (Å²) in [6.07, 6.45) is 2.48. The average molecular weight is 281 g/mol. The lowest BCUT2D eigenvalue weighted by Gasteiger charge is -2.30. The minimum Gasteiger partial charge on any atom is -0.351 e. The number of rotatable bonds is 4. The molecule has 0 saturated carbocycles. The summed E-state index contributed by atoms with van der Waals surface area (Å²) in [6, 6.07) is 7.58. The van der Waals surface area contributed by atoms with Crippen LogP contribution in [0.4, 0.5) is 0 Å². The molecule has 0 aliphatic carbocycles. The Kier molecular flexibility index (Phi) is 5.23. The Morgan fingerprint density at radius 1 is 1.53 bits per heavy atom. The van der Waals surface area contributed by atoms with Gasteiger partial charge in [0.05, 0.1) is 6.54 Å². The van der Waals surface area contributed by atoms with Crippen molar-refractivity contribution < 1.29 is 4.79 Å². The molecule has 1 aromatic rings. The summed E-state index contributed by atoms with van der Waals surface area (Å²) in [5.41, 5.74) is 1.04. The van der Waals surface area contributed by atoms with Gasteiger partial charge in [-0.15, -0.1) is 0 Å². The topological polar surface area (TPSA) is 32.3 Å².